The molecular formula is C21H32O10. The summed E-state index contributed by atoms with van der Waals surface area (Å²) >= 11 is 0. The molecule has 0 aromatic rings. The Balaban J connectivity index is 2.50. The molecule has 0 aromatic carbocycles. The summed E-state index contributed by atoms with van der Waals surface area (Å²) in [5.41, 5.74) is -3.58. The normalized spacial score (nSPS) is 38.5. The molecule has 2 aliphatic carbocycles. The molecule has 10 nitrogen and oxygen atoms in total. The van der Waals surface area contributed by atoms with E-state index in [2.05, 4.69) is 17.9 Å². The Morgan fingerprint density at radius 2 is 1.81 bits per heavy atom. The molecule has 0 spiro atoms. The zero-order valence-electron chi connectivity index (χ0n) is 17.7. The van der Waals surface area contributed by atoms with E-state index in [-0.39, 0.29) is 24.8 Å². The van der Waals surface area contributed by atoms with Crippen LogP contribution < -0.4 is 0 Å². The largest absolute Gasteiger partial charge is 0.466 e. The van der Waals surface area contributed by atoms with Gasteiger partial charge >= 0.3 is 11.9 Å². The highest BCUT2D eigenvalue weighted by Gasteiger charge is 2.64. The third-order valence-electron chi connectivity index (χ3n) is 6.87. The van der Waals surface area contributed by atoms with Crippen LogP contribution in [0.5, 0.6) is 0 Å². The van der Waals surface area contributed by atoms with Crippen LogP contribution in [0.3, 0.4) is 0 Å². The van der Waals surface area contributed by atoms with Gasteiger partial charge in [0.25, 0.3) is 0 Å². The van der Waals surface area contributed by atoms with Crippen LogP contribution in [0.4, 0.5) is 0 Å². The van der Waals surface area contributed by atoms with Crippen LogP contribution >= 0.6 is 0 Å². The number of aliphatic hydroxyl groups excluding tert-OH is 5. The van der Waals surface area contributed by atoms with Crippen molar-refractivity contribution in [2.75, 3.05) is 20.3 Å². The number of esters is 2. The van der Waals surface area contributed by atoms with Crippen molar-refractivity contribution in [2.45, 2.75) is 56.2 Å². The second-order valence-electron chi connectivity index (χ2n) is 8.70. The van der Waals surface area contributed by atoms with Crippen molar-refractivity contribution in [3.8, 4) is 0 Å². The fraction of sp³-hybridized carbons (Fsp3) is 0.714. The monoisotopic (exact) mass is 444 g/mol. The van der Waals surface area contributed by atoms with Gasteiger partial charge in [-0.1, -0.05) is 20.1 Å². The molecule has 10 heteroatoms. The van der Waals surface area contributed by atoms with Gasteiger partial charge in [0.15, 0.2) is 0 Å². The van der Waals surface area contributed by atoms with E-state index in [1.165, 1.54) is 0 Å². The quantitative estimate of drug-likeness (QED) is 0.199. The van der Waals surface area contributed by atoms with Crippen LogP contribution in [0.25, 0.3) is 0 Å². The molecule has 2 saturated carbocycles. The predicted molar refractivity (Wildman–Crippen MR) is 106 cm³/mol. The van der Waals surface area contributed by atoms with Crippen LogP contribution in [-0.2, 0) is 19.1 Å². The van der Waals surface area contributed by atoms with E-state index in [9.17, 15) is 35.1 Å². The molecule has 0 unspecified atom stereocenters. The molecule has 0 amide bonds. The van der Waals surface area contributed by atoms with E-state index in [1.807, 2.05) is 0 Å². The standard InChI is InChI=1S/C21H32O10/c1-10(12(24)8-22)19(28)31-13-7-20(3)14(25)5-6-21(29,9-23)17(20)16(26)15(13)11(2)18(27)30-4/h12-17,22-26,29H,1-2,5-9H2,3-4H3/t12-,13-,14+,15+,16+,17+,20+,21-/m1/s1. The van der Waals surface area contributed by atoms with E-state index in [0.717, 1.165) is 7.11 Å². The van der Waals surface area contributed by atoms with Gasteiger partial charge in [-0.05, 0) is 19.3 Å². The minimum absolute atomic E-state index is 0.0172. The van der Waals surface area contributed by atoms with Gasteiger partial charge in [-0.15, -0.1) is 0 Å². The number of hydrogen-bond donors (Lipinski definition) is 6. The number of fused-ring (bicyclic) bond motifs is 1. The van der Waals surface area contributed by atoms with Gasteiger partial charge in [0.05, 0.1) is 49.6 Å². The van der Waals surface area contributed by atoms with Crippen LogP contribution in [-0.4, -0.2) is 92.9 Å². The number of carbonyl (C=O) groups is 2. The van der Waals surface area contributed by atoms with Crippen LogP contribution in [0.15, 0.2) is 24.3 Å². The van der Waals surface area contributed by atoms with Crippen molar-refractivity contribution < 1.29 is 49.7 Å². The van der Waals surface area contributed by atoms with Crippen molar-refractivity contribution in [1.82, 2.24) is 0 Å². The molecule has 0 bridgehead atoms. The first-order valence-electron chi connectivity index (χ1n) is 10.0. The third kappa shape index (κ3) is 4.41. The summed E-state index contributed by atoms with van der Waals surface area (Å²) in [6, 6.07) is 0. The van der Waals surface area contributed by atoms with Gasteiger partial charge in [0.1, 0.15) is 12.2 Å². The van der Waals surface area contributed by atoms with Crippen molar-refractivity contribution in [3.05, 3.63) is 24.3 Å². The SMILES string of the molecule is C=C(C(=O)OC)[C@@H]1[C@H](O)[C@@H]2[C@](O)(CO)CC[C@H](O)[C@]2(C)C[C@H]1OC(=O)C(=C)[C@H](O)CO. The lowest BCUT2D eigenvalue weighted by Gasteiger charge is -2.60. The molecule has 0 aromatic heterocycles. The Hall–Kier alpha value is -1.82. The van der Waals surface area contributed by atoms with Gasteiger partial charge in [-0.25, -0.2) is 9.59 Å². The van der Waals surface area contributed by atoms with E-state index in [0.29, 0.717) is 0 Å². The zero-order chi connectivity index (χ0) is 23.7. The fourth-order valence-electron chi connectivity index (χ4n) is 5.10. The van der Waals surface area contributed by atoms with E-state index < -0.39 is 78.0 Å². The number of methoxy groups -OCH3 is 1. The summed E-state index contributed by atoms with van der Waals surface area (Å²) in [5.74, 6) is -4.23. The Morgan fingerprint density at radius 3 is 2.32 bits per heavy atom. The number of aliphatic hydroxyl groups is 6. The molecule has 0 radical (unpaired) electrons. The molecule has 31 heavy (non-hydrogen) atoms. The predicted octanol–water partition coefficient (Wildman–Crippen LogP) is -1.58. The summed E-state index contributed by atoms with van der Waals surface area (Å²) in [4.78, 5) is 24.7. The van der Waals surface area contributed by atoms with Crippen LogP contribution in [0, 0.1) is 17.3 Å². The maximum atomic E-state index is 12.5. The molecule has 6 N–H and O–H groups in total. The molecule has 0 saturated heterocycles. The maximum Gasteiger partial charge on any atom is 0.336 e. The molecule has 0 aliphatic heterocycles. The Kier molecular flexibility index (Phi) is 7.68. The smallest absolute Gasteiger partial charge is 0.336 e. The highest BCUT2D eigenvalue weighted by molar-refractivity contribution is 5.90. The zero-order valence-corrected chi connectivity index (χ0v) is 17.7. The second-order valence-corrected chi connectivity index (χ2v) is 8.70. The maximum absolute atomic E-state index is 12.5. The summed E-state index contributed by atoms with van der Waals surface area (Å²) in [6.45, 7) is 7.21. The summed E-state index contributed by atoms with van der Waals surface area (Å²) in [5, 5.41) is 61.6. The van der Waals surface area contributed by atoms with Gasteiger partial charge in [-0.3, -0.25) is 0 Å². The lowest BCUT2D eigenvalue weighted by molar-refractivity contribution is -0.249. The van der Waals surface area contributed by atoms with E-state index in [4.69, 9.17) is 9.84 Å². The first-order valence-corrected chi connectivity index (χ1v) is 10.0. The summed E-state index contributed by atoms with van der Waals surface area (Å²) in [7, 11) is 1.11. The van der Waals surface area contributed by atoms with Gasteiger partial charge in [0, 0.05) is 16.9 Å². The van der Waals surface area contributed by atoms with Crippen molar-refractivity contribution in [2.24, 2.45) is 17.3 Å². The van der Waals surface area contributed by atoms with Crippen molar-refractivity contribution in [1.29, 1.82) is 0 Å². The minimum Gasteiger partial charge on any atom is -0.466 e. The van der Waals surface area contributed by atoms with Gasteiger partial charge in [-0.2, -0.15) is 0 Å². The molecule has 2 aliphatic rings. The minimum atomic E-state index is -1.74. The summed E-state index contributed by atoms with van der Waals surface area (Å²) < 4.78 is 10.1. The number of rotatable bonds is 7. The van der Waals surface area contributed by atoms with Crippen LogP contribution in [0.1, 0.15) is 26.2 Å². The van der Waals surface area contributed by atoms with Gasteiger partial charge < -0.3 is 40.1 Å². The summed E-state index contributed by atoms with van der Waals surface area (Å²) in [6.07, 6.45) is -5.24. The van der Waals surface area contributed by atoms with Gasteiger partial charge in [0.2, 0.25) is 0 Å². The molecule has 8 atom stereocenters. The Bertz CT molecular complexity index is 736. The van der Waals surface area contributed by atoms with E-state index in [1.54, 1.807) is 6.92 Å². The number of hydrogen-bond acceptors (Lipinski definition) is 10. The first kappa shape index (κ1) is 25.4. The van der Waals surface area contributed by atoms with E-state index >= 15 is 0 Å². The topological polar surface area (TPSA) is 174 Å². The average molecular weight is 444 g/mol. The van der Waals surface area contributed by atoms with Crippen molar-refractivity contribution in [3.63, 3.8) is 0 Å². The lowest BCUT2D eigenvalue weighted by atomic mass is 9.49. The first-order chi connectivity index (χ1) is 14.4. The van der Waals surface area contributed by atoms with Crippen molar-refractivity contribution >= 4 is 11.9 Å². The Labute approximate surface area is 180 Å². The lowest BCUT2D eigenvalue weighted by Crippen LogP contribution is -2.68. The van der Waals surface area contributed by atoms with Crippen LogP contribution in [0.2, 0.25) is 0 Å². The molecule has 2 fully saturated rings. The third-order valence-corrected chi connectivity index (χ3v) is 6.87. The molecule has 2 rings (SSSR count). The molecule has 176 valence electrons. The number of carbonyl (C=O) groups excluding carboxylic acids is 2. The molecular weight excluding hydrogens is 412 g/mol. The molecule has 0 heterocycles. The highest BCUT2D eigenvalue weighted by atomic mass is 16.5. The fourth-order valence-corrected chi connectivity index (χ4v) is 5.10. The second kappa shape index (κ2) is 9.35. The number of ether oxygens (including phenoxy) is 2. The highest BCUT2D eigenvalue weighted by Crippen LogP contribution is 2.57. The Morgan fingerprint density at radius 1 is 1.19 bits per heavy atom. The average Bonchev–Trinajstić information content (AvgIpc) is 2.74.